The number of rotatable bonds is 9. The molecule has 0 aliphatic carbocycles. The third-order valence-electron chi connectivity index (χ3n) is 5.33. The number of phenolic OH excluding ortho intramolecular Hbond substituents is 1. The fourth-order valence-electron chi connectivity index (χ4n) is 3.74. The number of carboxylic acids is 1. The molecule has 2 N–H and O–H groups in total. The first kappa shape index (κ1) is 27.9. The number of esters is 1. The molecule has 6 nitrogen and oxygen atoms in total. The Kier molecular flexibility index (Phi) is 11.9. The highest BCUT2D eigenvalue weighted by Gasteiger charge is 2.21. The topological polar surface area (TPSA) is 87.1 Å². The lowest BCUT2D eigenvalue weighted by Gasteiger charge is -2.32. The molecule has 0 aromatic heterocycles. The summed E-state index contributed by atoms with van der Waals surface area (Å²) >= 11 is 0. The second kappa shape index (κ2) is 14.1. The predicted molar refractivity (Wildman–Crippen MR) is 132 cm³/mol. The van der Waals surface area contributed by atoms with Crippen molar-refractivity contribution in [2.75, 3.05) is 13.7 Å². The maximum absolute atomic E-state index is 10.4. The summed E-state index contributed by atoms with van der Waals surface area (Å²) in [5.74, 6) is -1.22. The Balaban J connectivity index is 0.000000513. The van der Waals surface area contributed by atoms with Crippen LogP contribution in [0.2, 0.25) is 0 Å². The molecule has 0 spiro atoms. The van der Waals surface area contributed by atoms with Crippen molar-refractivity contribution >= 4 is 11.9 Å². The van der Waals surface area contributed by atoms with Gasteiger partial charge in [-0.3, -0.25) is 4.90 Å². The van der Waals surface area contributed by atoms with Gasteiger partial charge in [0.1, 0.15) is 5.75 Å². The highest BCUT2D eigenvalue weighted by atomic mass is 16.5. The van der Waals surface area contributed by atoms with Crippen LogP contribution < -0.4 is 0 Å². The molecule has 0 saturated carbocycles. The molecule has 2 aromatic carbocycles. The van der Waals surface area contributed by atoms with Gasteiger partial charge in [-0.05, 0) is 59.2 Å². The molecule has 6 heteroatoms. The molecular weight excluding hydrogens is 418 g/mol. The Labute approximate surface area is 197 Å². The number of aromatic hydroxyl groups is 1. The number of carbonyl (C=O) groups is 2. The molecule has 0 unspecified atom stereocenters. The fraction of sp³-hybridized carbons (Fsp3) is 0.407. The van der Waals surface area contributed by atoms with E-state index in [0.717, 1.165) is 24.6 Å². The monoisotopic (exact) mass is 455 g/mol. The maximum atomic E-state index is 10.4. The molecule has 1 atom stereocenters. The number of aryl methyl sites for hydroxylation is 1. The number of benzene rings is 2. The van der Waals surface area contributed by atoms with Gasteiger partial charge in [-0.2, -0.15) is 0 Å². The summed E-state index contributed by atoms with van der Waals surface area (Å²) in [6.45, 7) is 12.1. The summed E-state index contributed by atoms with van der Waals surface area (Å²) < 4.78 is 4.11. The van der Waals surface area contributed by atoms with E-state index in [0.29, 0.717) is 23.9 Å². The van der Waals surface area contributed by atoms with Gasteiger partial charge in [0, 0.05) is 35.7 Å². The predicted octanol–water partition coefficient (Wildman–Crippen LogP) is 5.14. The normalized spacial score (nSPS) is 12.0. The molecule has 0 radical (unpaired) electrons. The van der Waals surface area contributed by atoms with Crippen LogP contribution in [0.15, 0.2) is 60.7 Å². The fourth-order valence-corrected chi connectivity index (χ4v) is 3.74. The van der Waals surface area contributed by atoms with Crippen molar-refractivity contribution in [3.05, 3.63) is 77.4 Å². The first-order valence-electron chi connectivity index (χ1n) is 11.2. The van der Waals surface area contributed by atoms with Gasteiger partial charge in [-0.15, -0.1) is 0 Å². The van der Waals surface area contributed by atoms with Gasteiger partial charge in [0.15, 0.2) is 0 Å². The zero-order valence-corrected chi connectivity index (χ0v) is 20.5. The van der Waals surface area contributed by atoms with Gasteiger partial charge < -0.3 is 14.9 Å². The van der Waals surface area contributed by atoms with Crippen molar-refractivity contribution < 1.29 is 24.5 Å². The lowest BCUT2D eigenvalue weighted by molar-refractivity contribution is -0.136. The van der Waals surface area contributed by atoms with Crippen molar-refractivity contribution in [1.82, 2.24) is 4.90 Å². The molecule has 0 amide bonds. The molecule has 0 heterocycles. The standard InChI is InChI=1S/C22H31NO.C5H6O4/c1-16(2)23(17(3)4)14-13-20(19-9-7-6-8-10-19)21-15-18(5)11-12-22(21)24;1-9-5(8)3-2-4(6)7/h6-12,15-17,20,24H,13-14H2,1-5H3;2-3H,1H3,(H,6,7)/b;3-2+/t20-;/m1./s1. The van der Waals surface area contributed by atoms with Crippen molar-refractivity contribution in [2.24, 2.45) is 0 Å². The van der Waals surface area contributed by atoms with Crippen LogP contribution in [0.5, 0.6) is 5.75 Å². The van der Waals surface area contributed by atoms with E-state index in [1.165, 1.54) is 18.2 Å². The van der Waals surface area contributed by atoms with Crippen LogP contribution in [0.25, 0.3) is 0 Å². The number of carbonyl (C=O) groups excluding carboxylic acids is 1. The summed E-state index contributed by atoms with van der Waals surface area (Å²) in [7, 11) is 1.18. The lowest BCUT2D eigenvalue weighted by atomic mass is 9.87. The molecular formula is C27H37NO5. The van der Waals surface area contributed by atoms with Crippen LogP contribution in [0.4, 0.5) is 0 Å². The SMILES string of the molecule is COC(=O)/C=C/C(=O)O.Cc1ccc(O)c([C@H](CCN(C(C)C)C(C)C)c2ccccc2)c1. The summed E-state index contributed by atoms with van der Waals surface area (Å²) in [6.07, 6.45) is 2.55. The number of hydrogen-bond donors (Lipinski definition) is 2. The Morgan fingerprint density at radius 3 is 2.12 bits per heavy atom. The Bertz CT molecular complexity index is 898. The zero-order chi connectivity index (χ0) is 25.0. The third kappa shape index (κ3) is 9.91. The lowest BCUT2D eigenvalue weighted by Crippen LogP contribution is -2.38. The van der Waals surface area contributed by atoms with Gasteiger partial charge in [0.2, 0.25) is 0 Å². The number of phenols is 1. The average Bonchev–Trinajstić information content (AvgIpc) is 2.77. The molecule has 33 heavy (non-hydrogen) atoms. The van der Waals surface area contributed by atoms with Crippen LogP contribution in [0.3, 0.4) is 0 Å². The average molecular weight is 456 g/mol. The van der Waals surface area contributed by atoms with E-state index in [9.17, 15) is 14.7 Å². The third-order valence-corrected chi connectivity index (χ3v) is 5.33. The highest BCUT2D eigenvalue weighted by Crippen LogP contribution is 2.35. The van der Waals surface area contributed by atoms with Gasteiger partial charge >= 0.3 is 11.9 Å². The van der Waals surface area contributed by atoms with Crippen LogP contribution in [-0.2, 0) is 14.3 Å². The van der Waals surface area contributed by atoms with Gasteiger partial charge in [0.25, 0.3) is 0 Å². The van der Waals surface area contributed by atoms with Crippen molar-refractivity contribution in [1.29, 1.82) is 0 Å². The molecule has 180 valence electrons. The summed E-state index contributed by atoms with van der Waals surface area (Å²) in [5, 5.41) is 18.4. The largest absolute Gasteiger partial charge is 0.508 e. The number of nitrogens with zero attached hydrogens (tertiary/aromatic N) is 1. The molecule has 0 aliphatic heterocycles. The van der Waals surface area contributed by atoms with Crippen molar-refractivity contribution in [2.45, 2.75) is 59.0 Å². The molecule has 0 fully saturated rings. The second-order valence-corrected chi connectivity index (χ2v) is 8.43. The summed E-state index contributed by atoms with van der Waals surface area (Å²) in [5.41, 5.74) is 3.49. The van der Waals surface area contributed by atoms with Gasteiger partial charge in [0.05, 0.1) is 7.11 Å². The number of ether oxygens (including phenoxy) is 1. The zero-order valence-electron chi connectivity index (χ0n) is 20.5. The molecule has 0 bridgehead atoms. The second-order valence-electron chi connectivity index (χ2n) is 8.43. The van der Waals surface area contributed by atoms with E-state index < -0.39 is 11.9 Å². The van der Waals surface area contributed by atoms with Crippen LogP contribution in [-0.4, -0.2) is 52.8 Å². The minimum Gasteiger partial charge on any atom is -0.508 e. The first-order chi connectivity index (χ1) is 15.6. The Morgan fingerprint density at radius 1 is 1.00 bits per heavy atom. The number of methoxy groups -OCH3 is 1. The number of aliphatic carboxylic acids is 1. The van der Waals surface area contributed by atoms with E-state index in [1.807, 2.05) is 18.2 Å². The van der Waals surface area contributed by atoms with Gasteiger partial charge in [-0.1, -0.05) is 48.0 Å². The summed E-state index contributed by atoms with van der Waals surface area (Å²) in [6, 6.07) is 17.5. The smallest absolute Gasteiger partial charge is 0.330 e. The van der Waals surface area contributed by atoms with E-state index in [1.54, 1.807) is 0 Å². The minimum atomic E-state index is -1.17. The van der Waals surface area contributed by atoms with Crippen LogP contribution in [0, 0.1) is 6.92 Å². The van der Waals surface area contributed by atoms with Crippen LogP contribution >= 0.6 is 0 Å². The van der Waals surface area contributed by atoms with Crippen molar-refractivity contribution in [3.63, 3.8) is 0 Å². The van der Waals surface area contributed by atoms with Crippen LogP contribution in [0.1, 0.15) is 56.7 Å². The van der Waals surface area contributed by atoms with Gasteiger partial charge in [-0.25, -0.2) is 9.59 Å². The van der Waals surface area contributed by atoms with E-state index >= 15 is 0 Å². The Hall–Kier alpha value is -3.12. The molecule has 0 aliphatic rings. The summed E-state index contributed by atoms with van der Waals surface area (Å²) in [4.78, 5) is 22.4. The number of carboxylic acid groups (broad SMARTS) is 1. The Morgan fingerprint density at radius 2 is 1.61 bits per heavy atom. The van der Waals surface area contributed by atoms with E-state index in [2.05, 4.69) is 74.6 Å². The molecule has 0 saturated heterocycles. The van der Waals surface area contributed by atoms with E-state index in [-0.39, 0.29) is 5.92 Å². The molecule has 2 rings (SSSR count). The highest BCUT2D eigenvalue weighted by molar-refractivity contribution is 5.90. The van der Waals surface area contributed by atoms with Crippen molar-refractivity contribution in [3.8, 4) is 5.75 Å². The maximum Gasteiger partial charge on any atom is 0.330 e. The quantitative estimate of drug-likeness (QED) is 0.402. The van der Waals surface area contributed by atoms with E-state index in [4.69, 9.17) is 5.11 Å². The molecule has 2 aromatic rings. The minimum absolute atomic E-state index is 0.214. The number of hydrogen-bond acceptors (Lipinski definition) is 5. The first-order valence-corrected chi connectivity index (χ1v) is 11.2.